The maximum atomic E-state index is 14.1. The minimum absolute atomic E-state index is 0.000494. The molecule has 0 aliphatic heterocycles. The van der Waals surface area contributed by atoms with Crippen LogP contribution in [0.25, 0.3) is 34.4 Å². The molecule has 0 saturated heterocycles. The Morgan fingerprint density at radius 2 is 1.68 bits per heavy atom. The zero-order valence-corrected chi connectivity index (χ0v) is 15.8. The Labute approximate surface area is 165 Å². The van der Waals surface area contributed by atoms with Crippen molar-refractivity contribution < 1.29 is 13.3 Å². The fourth-order valence-corrected chi connectivity index (χ4v) is 2.86. The number of unbranched alkanes of at least 4 members (excludes halogenated alkanes) is 1. The van der Waals surface area contributed by atoms with E-state index in [1.54, 1.807) is 18.2 Å². The van der Waals surface area contributed by atoms with Crippen molar-refractivity contribution in [1.29, 1.82) is 0 Å². The van der Waals surface area contributed by atoms with Gasteiger partial charge in [0.25, 0.3) is 11.8 Å². The van der Waals surface area contributed by atoms with Crippen LogP contribution in [0, 0.1) is 5.82 Å². The average Bonchev–Trinajstić information content (AvgIpc) is 3.38. The van der Waals surface area contributed by atoms with E-state index in [2.05, 4.69) is 27.3 Å². The Balaban J connectivity index is 1.55. The van der Waals surface area contributed by atoms with Crippen molar-refractivity contribution in [3.05, 3.63) is 59.1 Å². The van der Waals surface area contributed by atoms with E-state index in [1.165, 1.54) is 12.1 Å². The monoisotopic (exact) mass is 398 g/mol. The third kappa shape index (κ3) is 3.66. The second-order valence-corrected chi connectivity index (χ2v) is 6.62. The molecule has 0 amide bonds. The number of aromatic nitrogens is 4. The predicted octanol–water partition coefficient (Wildman–Crippen LogP) is 5.59. The summed E-state index contributed by atoms with van der Waals surface area (Å²) < 4.78 is 25.1. The number of rotatable bonds is 6. The zero-order valence-electron chi connectivity index (χ0n) is 15.0. The van der Waals surface area contributed by atoms with E-state index in [4.69, 9.17) is 20.5 Å². The number of benzene rings is 2. The number of hydrogen-bond donors (Lipinski definition) is 0. The molecule has 2 heterocycles. The summed E-state index contributed by atoms with van der Waals surface area (Å²) in [4.78, 5) is 4.40. The first-order chi connectivity index (χ1) is 13.7. The van der Waals surface area contributed by atoms with Gasteiger partial charge in [0, 0.05) is 17.5 Å². The Bertz CT molecular complexity index is 1090. The maximum absolute atomic E-state index is 14.1. The van der Waals surface area contributed by atoms with E-state index in [0.29, 0.717) is 17.3 Å². The molecular formula is C20H16ClFN4O2. The second kappa shape index (κ2) is 7.90. The smallest absolute Gasteiger partial charge is 0.257 e. The van der Waals surface area contributed by atoms with Gasteiger partial charge in [-0.3, -0.25) is 0 Å². The van der Waals surface area contributed by atoms with Gasteiger partial charge in [-0.1, -0.05) is 36.2 Å². The molecule has 0 aliphatic rings. The van der Waals surface area contributed by atoms with Gasteiger partial charge in [0.05, 0.1) is 10.6 Å². The lowest BCUT2D eigenvalue weighted by Crippen LogP contribution is -1.87. The molecule has 4 aromatic rings. The van der Waals surface area contributed by atoms with Gasteiger partial charge in [0.15, 0.2) is 11.6 Å². The number of hydrogen-bond acceptors (Lipinski definition) is 6. The molecule has 0 bridgehead atoms. The maximum Gasteiger partial charge on any atom is 0.257 e. The summed E-state index contributed by atoms with van der Waals surface area (Å²) in [5.41, 5.74) is 1.64. The first-order valence-electron chi connectivity index (χ1n) is 8.87. The summed E-state index contributed by atoms with van der Waals surface area (Å²) in [6.07, 6.45) is 2.89. The van der Waals surface area contributed by atoms with Crippen LogP contribution < -0.4 is 0 Å². The van der Waals surface area contributed by atoms with Crippen molar-refractivity contribution >= 4 is 11.6 Å². The lowest BCUT2D eigenvalue weighted by molar-refractivity contribution is 0.421. The molecule has 0 unspecified atom stereocenters. The third-order valence-corrected chi connectivity index (χ3v) is 4.50. The van der Waals surface area contributed by atoms with Crippen LogP contribution in [0.3, 0.4) is 0 Å². The van der Waals surface area contributed by atoms with Crippen LogP contribution in [0.1, 0.15) is 25.6 Å². The molecule has 8 heteroatoms. The van der Waals surface area contributed by atoms with Gasteiger partial charge in [0.2, 0.25) is 5.89 Å². The third-order valence-electron chi connectivity index (χ3n) is 4.21. The lowest BCUT2D eigenvalue weighted by atomic mass is 10.1. The van der Waals surface area contributed by atoms with Crippen LogP contribution >= 0.6 is 11.6 Å². The van der Waals surface area contributed by atoms with E-state index in [9.17, 15) is 4.39 Å². The highest BCUT2D eigenvalue weighted by molar-refractivity contribution is 6.31. The molecule has 0 atom stereocenters. The molecule has 4 rings (SSSR count). The highest BCUT2D eigenvalue weighted by Crippen LogP contribution is 2.29. The van der Waals surface area contributed by atoms with Crippen molar-refractivity contribution in [3.8, 4) is 34.4 Å². The molecule has 0 radical (unpaired) electrons. The minimum atomic E-state index is -0.593. The summed E-state index contributed by atoms with van der Waals surface area (Å²) >= 11 is 5.81. The van der Waals surface area contributed by atoms with Gasteiger partial charge in [0.1, 0.15) is 0 Å². The van der Waals surface area contributed by atoms with Crippen molar-refractivity contribution in [2.75, 3.05) is 0 Å². The van der Waals surface area contributed by atoms with E-state index in [-0.39, 0.29) is 22.4 Å². The van der Waals surface area contributed by atoms with E-state index < -0.39 is 5.82 Å². The van der Waals surface area contributed by atoms with Crippen LogP contribution in [0.2, 0.25) is 5.02 Å². The van der Waals surface area contributed by atoms with E-state index >= 15 is 0 Å². The lowest BCUT2D eigenvalue weighted by Gasteiger charge is -1.99. The Morgan fingerprint density at radius 1 is 0.964 bits per heavy atom. The molecule has 0 saturated carbocycles. The molecule has 0 spiro atoms. The first kappa shape index (κ1) is 18.3. The molecule has 0 fully saturated rings. The van der Waals surface area contributed by atoms with Crippen molar-refractivity contribution in [3.63, 3.8) is 0 Å². The minimum Gasteiger partial charge on any atom is -0.416 e. The highest BCUT2D eigenvalue weighted by atomic mass is 35.5. The Hall–Kier alpha value is -3.06. The van der Waals surface area contributed by atoms with Crippen LogP contribution in [0.15, 0.2) is 51.4 Å². The van der Waals surface area contributed by atoms with Crippen LogP contribution in [-0.2, 0) is 6.42 Å². The van der Waals surface area contributed by atoms with E-state index in [1.807, 2.05) is 12.1 Å². The quantitative estimate of drug-likeness (QED) is 0.421. The summed E-state index contributed by atoms with van der Waals surface area (Å²) in [5, 5.41) is 11.9. The number of aryl methyl sites for hydroxylation is 1. The number of halogens is 2. The first-order valence-corrected chi connectivity index (χ1v) is 9.24. The SMILES string of the molecule is CCCCc1noc(-c2ccc(-c3nnc(-c4cccc(Cl)c4F)o3)cc2)n1. The fourth-order valence-electron chi connectivity index (χ4n) is 2.68. The fraction of sp³-hybridized carbons (Fsp3) is 0.200. The molecule has 2 aromatic heterocycles. The molecular weight excluding hydrogens is 383 g/mol. The summed E-state index contributed by atoms with van der Waals surface area (Å²) in [6, 6.07) is 11.9. The summed E-state index contributed by atoms with van der Waals surface area (Å²) in [5.74, 6) is 0.910. The Kier molecular flexibility index (Phi) is 5.16. The van der Waals surface area contributed by atoms with Gasteiger partial charge in [-0.2, -0.15) is 4.98 Å². The summed E-state index contributed by atoms with van der Waals surface area (Å²) in [6.45, 7) is 2.11. The van der Waals surface area contributed by atoms with Crippen molar-refractivity contribution in [2.24, 2.45) is 0 Å². The molecule has 0 N–H and O–H groups in total. The van der Waals surface area contributed by atoms with Gasteiger partial charge in [-0.15, -0.1) is 10.2 Å². The van der Waals surface area contributed by atoms with Gasteiger partial charge in [-0.05, 0) is 42.8 Å². The molecule has 28 heavy (non-hydrogen) atoms. The molecule has 2 aromatic carbocycles. The normalized spacial score (nSPS) is 11.1. The predicted molar refractivity (Wildman–Crippen MR) is 102 cm³/mol. The standard InChI is InChI=1S/C20H16ClFN4O2/c1-2-3-7-16-23-18(28-26-16)12-8-10-13(11-9-12)19-24-25-20(27-19)14-5-4-6-15(21)17(14)22/h4-6,8-11H,2-3,7H2,1H3. The summed E-state index contributed by atoms with van der Waals surface area (Å²) in [7, 11) is 0. The second-order valence-electron chi connectivity index (χ2n) is 6.21. The largest absolute Gasteiger partial charge is 0.416 e. The topological polar surface area (TPSA) is 77.8 Å². The highest BCUT2D eigenvalue weighted by Gasteiger charge is 2.16. The molecule has 6 nitrogen and oxygen atoms in total. The average molecular weight is 399 g/mol. The van der Waals surface area contributed by atoms with Gasteiger partial charge >= 0.3 is 0 Å². The van der Waals surface area contributed by atoms with Gasteiger partial charge in [-0.25, -0.2) is 4.39 Å². The van der Waals surface area contributed by atoms with Crippen molar-refractivity contribution in [2.45, 2.75) is 26.2 Å². The van der Waals surface area contributed by atoms with Crippen LogP contribution in [0.4, 0.5) is 4.39 Å². The van der Waals surface area contributed by atoms with Crippen molar-refractivity contribution in [1.82, 2.24) is 20.3 Å². The molecule has 142 valence electrons. The number of nitrogens with zero attached hydrogens (tertiary/aromatic N) is 4. The van der Waals surface area contributed by atoms with Gasteiger partial charge < -0.3 is 8.94 Å². The molecule has 0 aliphatic carbocycles. The van der Waals surface area contributed by atoms with Crippen LogP contribution in [0.5, 0.6) is 0 Å². The zero-order chi connectivity index (χ0) is 19.5. The van der Waals surface area contributed by atoms with Crippen LogP contribution in [-0.4, -0.2) is 20.3 Å². The van der Waals surface area contributed by atoms with E-state index in [0.717, 1.165) is 24.8 Å². The Morgan fingerprint density at radius 3 is 2.43 bits per heavy atom.